The number of hydrogen-bond donors (Lipinski definition) is 0. The molecule has 0 N–H and O–H groups in total. The molecule has 0 spiro atoms. The summed E-state index contributed by atoms with van der Waals surface area (Å²) in [6.07, 6.45) is 0. The second-order valence-electron chi connectivity index (χ2n) is 8.19. The molecule has 0 radical (unpaired) electrons. The summed E-state index contributed by atoms with van der Waals surface area (Å²) in [6, 6.07) is 10.5. The SMILES string of the molecule is CC(C)(C)N1CC(C)(c2ccccc2)N(C(C)(C)C)C1=O. The summed E-state index contributed by atoms with van der Waals surface area (Å²) < 4.78 is 0. The van der Waals surface area contributed by atoms with Gasteiger partial charge in [-0.15, -0.1) is 0 Å². The van der Waals surface area contributed by atoms with Crippen LogP contribution in [0.5, 0.6) is 0 Å². The predicted molar refractivity (Wildman–Crippen MR) is 87.2 cm³/mol. The van der Waals surface area contributed by atoms with Crippen molar-refractivity contribution >= 4 is 6.03 Å². The molecule has 116 valence electrons. The molecule has 1 saturated heterocycles. The fourth-order valence-corrected chi connectivity index (χ4v) is 3.35. The zero-order valence-electron chi connectivity index (χ0n) is 14.4. The third-order valence-corrected chi connectivity index (χ3v) is 4.26. The maximum atomic E-state index is 13.0. The average Bonchev–Trinajstić information content (AvgIpc) is 2.63. The molecule has 1 aliphatic heterocycles. The molecule has 1 heterocycles. The number of carbonyl (C=O) groups is 1. The summed E-state index contributed by atoms with van der Waals surface area (Å²) in [5.41, 5.74) is 0.499. The van der Waals surface area contributed by atoms with Crippen LogP contribution in [0.25, 0.3) is 0 Å². The molecular formula is C18H28N2O. The largest absolute Gasteiger partial charge is 0.321 e. The van der Waals surface area contributed by atoms with E-state index < -0.39 is 0 Å². The highest BCUT2D eigenvalue weighted by Crippen LogP contribution is 2.42. The molecule has 1 fully saturated rings. The van der Waals surface area contributed by atoms with E-state index in [1.54, 1.807) is 0 Å². The lowest BCUT2D eigenvalue weighted by atomic mass is 9.87. The van der Waals surface area contributed by atoms with Crippen LogP contribution < -0.4 is 0 Å². The van der Waals surface area contributed by atoms with E-state index >= 15 is 0 Å². The molecule has 21 heavy (non-hydrogen) atoms. The Labute approximate surface area is 128 Å². The molecule has 0 saturated carbocycles. The van der Waals surface area contributed by atoms with Gasteiger partial charge in [0.1, 0.15) is 0 Å². The van der Waals surface area contributed by atoms with Gasteiger partial charge in [-0.2, -0.15) is 0 Å². The minimum atomic E-state index is -0.302. The van der Waals surface area contributed by atoms with Gasteiger partial charge in [0.05, 0.1) is 12.1 Å². The zero-order chi connectivity index (χ0) is 16.1. The van der Waals surface area contributed by atoms with Gasteiger partial charge in [-0.3, -0.25) is 0 Å². The highest BCUT2D eigenvalue weighted by Gasteiger charge is 2.53. The van der Waals surface area contributed by atoms with E-state index in [-0.39, 0.29) is 22.6 Å². The van der Waals surface area contributed by atoms with Crippen molar-refractivity contribution in [2.24, 2.45) is 0 Å². The Balaban J connectivity index is 2.56. The fourth-order valence-electron chi connectivity index (χ4n) is 3.35. The summed E-state index contributed by atoms with van der Waals surface area (Å²) >= 11 is 0. The molecule has 3 nitrogen and oxygen atoms in total. The molecule has 1 unspecified atom stereocenters. The van der Waals surface area contributed by atoms with Crippen LogP contribution in [0.1, 0.15) is 54.0 Å². The van der Waals surface area contributed by atoms with Crippen molar-refractivity contribution in [3.05, 3.63) is 35.9 Å². The van der Waals surface area contributed by atoms with Crippen LogP contribution in [-0.2, 0) is 5.54 Å². The van der Waals surface area contributed by atoms with Gasteiger partial charge in [0, 0.05) is 11.1 Å². The first kappa shape index (κ1) is 15.9. The van der Waals surface area contributed by atoms with Crippen LogP contribution in [0.4, 0.5) is 4.79 Å². The molecule has 1 aliphatic rings. The van der Waals surface area contributed by atoms with Crippen LogP contribution in [0.15, 0.2) is 30.3 Å². The van der Waals surface area contributed by atoms with Crippen molar-refractivity contribution in [3.63, 3.8) is 0 Å². The summed E-state index contributed by atoms with van der Waals surface area (Å²) in [5, 5.41) is 0. The highest BCUT2D eigenvalue weighted by atomic mass is 16.2. The molecule has 3 heteroatoms. The molecule has 0 aromatic heterocycles. The van der Waals surface area contributed by atoms with Crippen molar-refractivity contribution in [3.8, 4) is 0 Å². The number of urea groups is 1. The number of nitrogens with zero attached hydrogens (tertiary/aromatic N) is 2. The number of rotatable bonds is 1. The maximum absolute atomic E-state index is 13.0. The van der Waals surface area contributed by atoms with Gasteiger partial charge >= 0.3 is 6.03 Å². The van der Waals surface area contributed by atoms with Crippen molar-refractivity contribution < 1.29 is 4.79 Å². The molecule has 2 amide bonds. The lowest BCUT2D eigenvalue weighted by Gasteiger charge is -2.43. The van der Waals surface area contributed by atoms with Crippen LogP contribution in [-0.4, -0.2) is 33.5 Å². The quantitative estimate of drug-likeness (QED) is 0.758. The minimum absolute atomic E-state index is 0.126. The van der Waals surface area contributed by atoms with E-state index in [9.17, 15) is 4.79 Å². The molecule has 1 atom stereocenters. The Bertz CT molecular complexity index is 524. The molecule has 0 aliphatic carbocycles. The van der Waals surface area contributed by atoms with Crippen molar-refractivity contribution in [1.29, 1.82) is 0 Å². The fraction of sp³-hybridized carbons (Fsp3) is 0.611. The van der Waals surface area contributed by atoms with E-state index in [2.05, 4.69) is 60.6 Å². The smallest absolute Gasteiger partial charge is 0.317 e. The normalized spacial score (nSPS) is 23.9. The molecule has 1 aromatic carbocycles. The Kier molecular flexibility index (Phi) is 3.59. The van der Waals surface area contributed by atoms with Gasteiger partial charge < -0.3 is 9.80 Å². The number of hydrogen-bond acceptors (Lipinski definition) is 1. The van der Waals surface area contributed by atoms with Gasteiger partial charge in [0.25, 0.3) is 0 Å². The first-order valence-corrected chi connectivity index (χ1v) is 7.65. The first-order chi connectivity index (χ1) is 9.48. The number of benzene rings is 1. The third kappa shape index (κ3) is 2.66. The first-order valence-electron chi connectivity index (χ1n) is 7.65. The van der Waals surface area contributed by atoms with Crippen LogP contribution in [0.2, 0.25) is 0 Å². The lowest BCUT2D eigenvalue weighted by molar-refractivity contribution is 0.0876. The maximum Gasteiger partial charge on any atom is 0.321 e. The van der Waals surface area contributed by atoms with Crippen LogP contribution in [0, 0.1) is 0 Å². The van der Waals surface area contributed by atoms with Crippen LogP contribution in [0.3, 0.4) is 0 Å². The second kappa shape index (κ2) is 4.75. The molecular weight excluding hydrogens is 260 g/mol. The Hall–Kier alpha value is -1.51. The minimum Gasteiger partial charge on any atom is -0.317 e. The summed E-state index contributed by atoms with van der Waals surface area (Å²) in [7, 11) is 0. The lowest BCUT2D eigenvalue weighted by Crippen LogP contribution is -2.53. The highest BCUT2D eigenvalue weighted by molar-refractivity contribution is 5.80. The number of amides is 2. The Morgan fingerprint density at radius 2 is 1.48 bits per heavy atom. The van der Waals surface area contributed by atoms with Gasteiger partial charge in [-0.1, -0.05) is 30.3 Å². The average molecular weight is 288 g/mol. The zero-order valence-corrected chi connectivity index (χ0v) is 14.4. The van der Waals surface area contributed by atoms with E-state index in [1.807, 2.05) is 28.0 Å². The molecule has 1 aromatic rings. The summed E-state index contributed by atoms with van der Waals surface area (Å²) in [6.45, 7) is 15.5. The third-order valence-electron chi connectivity index (χ3n) is 4.26. The molecule has 0 bridgehead atoms. The van der Waals surface area contributed by atoms with Crippen molar-refractivity contribution in [1.82, 2.24) is 9.80 Å². The summed E-state index contributed by atoms with van der Waals surface area (Å²) in [4.78, 5) is 17.1. The van der Waals surface area contributed by atoms with Gasteiger partial charge in [-0.05, 0) is 54.0 Å². The van der Waals surface area contributed by atoms with Crippen molar-refractivity contribution in [2.45, 2.75) is 65.1 Å². The standard InChI is InChI=1S/C18H28N2O/c1-16(2,3)19-13-18(7,14-11-9-8-10-12-14)20(15(19)21)17(4,5)6/h8-12H,13H2,1-7H3. The van der Waals surface area contributed by atoms with Gasteiger partial charge in [0.15, 0.2) is 0 Å². The molecule has 2 rings (SSSR count). The Morgan fingerprint density at radius 1 is 0.952 bits per heavy atom. The van der Waals surface area contributed by atoms with Gasteiger partial charge in [-0.25, -0.2) is 4.79 Å². The Morgan fingerprint density at radius 3 is 1.90 bits per heavy atom. The van der Waals surface area contributed by atoms with E-state index in [0.29, 0.717) is 0 Å². The van der Waals surface area contributed by atoms with E-state index in [1.165, 1.54) is 5.56 Å². The monoisotopic (exact) mass is 288 g/mol. The summed E-state index contributed by atoms with van der Waals surface area (Å²) in [5.74, 6) is 0. The second-order valence-corrected chi connectivity index (χ2v) is 8.19. The van der Waals surface area contributed by atoms with Crippen LogP contribution >= 0.6 is 0 Å². The van der Waals surface area contributed by atoms with Gasteiger partial charge in [0.2, 0.25) is 0 Å². The topological polar surface area (TPSA) is 23.6 Å². The van der Waals surface area contributed by atoms with E-state index in [4.69, 9.17) is 0 Å². The van der Waals surface area contributed by atoms with E-state index in [0.717, 1.165) is 6.54 Å². The number of carbonyl (C=O) groups excluding carboxylic acids is 1. The predicted octanol–water partition coefficient (Wildman–Crippen LogP) is 4.24. The van der Waals surface area contributed by atoms with Crippen molar-refractivity contribution in [2.75, 3.05) is 6.54 Å².